The minimum absolute atomic E-state index is 0.116. The van der Waals surface area contributed by atoms with Gasteiger partial charge in [0.1, 0.15) is 0 Å². The van der Waals surface area contributed by atoms with Crippen molar-refractivity contribution in [3.05, 3.63) is 51.5 Å². The maximum absolute atomic E-state index is 11.9. The van der Waals surface area contributed by atoms with Crippen molar-refractivity contribution < 1.29 is 9.59 Å². The quantitative estimate of drug-likeness (QED) is 0.751. The number of rotatable bonds is 6. The van der Waals surface area contributed by atoms with Crippen molar-refractivity contribution in [3.8, 4) is 0 Å². The third kappa shape index (κ3) is 5.06. The smallest absolute Gasteiger partial charge is 0.315 e. The van der Waals surface area contributed by atoms with Crippen molar-refractivity contribution in [1.29, 1.82) is 0 Å². The zero-order valence-corrected chi connectivity index (χ0v) is 14.9. The fourth-order valence-electron chi connectivity index (χ4n) is 2.23. The van der Waals surface area contributed by atoms with Gasteiger partial charge in [-0.1, -0.05) is 12.1 Å². The Kier molecular flexibility index (Phi) is 6.31. The molecule has 0 aliphatic heterocycles. The van der Waals surface area contributed by atoms with E-state index in [9.17, 15) is 9.59 Å². The molecule has 0 radical (unpaired) electrons. The van der Waals surface area contributed by atoms with Gasteiger partial charge in [-0.2, -0.15) is 0 Å². The molecule has 0 aliphatic rings. The third-order valence-electron chi connectivity index (χ3n) is 3.54. The van der Waals surface area contributed by atoms with Gasteiger partial charge in [-0.15, -0.1) is 11.3 Å². The fraction of sp³-hybridized carbons (Fsp3) is 0.353. The summed E-state index contributed by atoms with van der Waals surface area (Å²) in [6, 6.07) is 7.01. The molecule has 0 aliphatic carbocycles. The Morgan fingerprint density at radius 1 is 1.33 bits per heavy atom. The monoisotopic (exact) mass is 346 g/mol. The maximum Gasteiger partial charge on any atom is 0.315 e. The van der Waals surface area contributed by atoms with Gasteiger partial charge in [0, 0.05) is 24.5 Å². The number of aryl methyl sites for hydroxylation is 1. The summed E-state index contributed by atoms with van der Waals surface area (Å²) >= 11 is 1.56. The molecule has 1 aromatic heterocycles. The lowest BCUT2D eigenvalue weighted by molar-refractivity contribution is 0.0963. The molecule has 2 rings (SSSR count). The fourth-order valence-corrected chi connectivity index (χ4v) is 2.94. The largest absolute Gasteiger partial charge is 0.355 e. The van der Waals surface area contributed by atoms with E-state index in [0.717, 1.165) is 16.3 Å². The molecule has 1 aromatic carbocycles. The summed E-state index contributed by atoms with van der Waals surface area (Å²) in [6.07, 6.45) is 0.655. The van der Waals surface area contributed by atoms with Crippen LogP contribution >= 0.6 is 11.3 Å². The number of benzene rings is 1. The summed E-state index contributed by atoms with van der Waals surface area (Å²) in [5, 5.41) is 11.2. The molecule has 3 N–H and O–H groups in total. The number of aromatic nitrogens is 1. The number of thiazole rings is 1. The van der Waals surface area contributed by atoms with Gasteiger partial charge in [-0.05, 0) is 38.0 Å². The molecular weight excluding hydrogens is 324 g/mol. The Labute approximate surface area is 145 Å². The van der Waals surface area contributed by atoms with Crippen LogP contribution in [-0.2, 0) is 6.42 Å². The topological polar surface area (TPSA) is 83.1 Å². The number of nitrogens with zero attached hydrogens (tertiary/aromatic N) is 1. The van der Waals surface area contributed by atoms with Crippen LogP contribution in [0.25, 0.3) is 0 Å². The first kappa shape index (κ1) is 17.9. The van der Waals surface area contributed by atoms with Gasteiger partial charge in [0.2, 0.25) is 0 Å². The summed E-state index contributed by atoms with van der Waals surface area (Å²) in [5.74, 6) is -0.116. The highest BCUT2D eigenvalue weighted by atomic mass is 32.1. The maximum atomic E-state index is 11.9. The number of nitrogens with one attached hydrogen (secondary N) is 3. The molecule has 24 heavy (non-hydrogen) atoms. The van der Waals surface area contributed by atoms with Gasteiger partial charge in [-0.25, -0.2) is 9.78 Å². The Balaban J connectivity index is 1.79. The van der Waals surface area contributed by atoms with Gasteiger partial charge in [0.05, 0.1) is 16.7 Å². The predicted octanol–water partition coefficient (Wildman–Crippen LogP) is 2.41. The van der Waals surface area contributed by atoms with Crippen LogP contribution in [0, 0.1) is 6.92 Å². The van der Waals surface area contributed by atoms with Crippen molar-refractivity contribution in [2.24, 2.45) is 0 Å². The van der Waals surface area contributed by atoms with Gasteiger partial charge in [0.25, 0.3) is 5.91 Å². The number of carbonyl (C=O) groups is 2. The summed E-state index contributed by atoms with van der Waals surface area (Å²) < 4.78 is 0. The highest BCUT2D eigenvalue weighted by Crippen LogP contribution is 2.15. The molecule has 0 saturated heterocycles. The second kappa shape index (κ2) is 8.44. The van der Waals surface area contributed by atoms with E-state index in [0.29, 0.717) is 18.5 Å². The van der Waals surface area contributed by atoms with E-state index >= 15 is 0 Å². The Morgan fingerprint density at radius 2 is 2.12 bits per heavy atom. The highest BCUT2D eigenvalue weighted by Gasteiger charge is 2.11. The zero-order chi connectivity index (χ0) is 17.5. The van der Waals surface area contributed by atoms with Crippen molar-refractivity contribution >= 4 is 23.3 Å². The van der Waals surface area contributed by atoms with Crippen molar-refractivity contribution in [2.45, 2.75) is 26.3 Å². The normalized spacial score (nSPS) is 11.6. The van der Waals surface area contributed by atoms with Gasteiger partial charge in [-0.3, -0.25) is 4.79 Å². The zero-order valence-electron chi connectivity index (χ0n) is 14.1. The Bertz CT molecular complexity index is 714. The van der Waals surface area contributed by atoms with Crippen LogP contribution in [0.1, 0.15) is 39.6 Å². The molecule has 0 fully saturated rings. The van der Waals surface area contributed by atoms with Crippen LogP contribution < -0.4 is 16.0 Å². The molecule has 0 bridgehead atoms. The molecule has 7 heteroatoms. The Morgan fingerprint density at radius 3 is 2.79 bits per heavy atom. The van der Waals surface area contributed by atoms with Crippen LogP contribution in [0.15, 0.2) is 29.6 Å². The van der Waals surface area contributed by atoms with Crippen LogP contribution in [0.2, 0.25) is 0 Å². The first-order chi connectivity index (χ1) is 11.5. The lowest BCUT2D eigenvalue weighted by Crippen LogP contribution is -2.38. The molecule has 3 amide bonds. The molecule has 0 unspecified atom stereocenters. The van der Waals surface area contributed by atoms with Crippen LogP contribution in [0.4, 0.5) is 4.79 Å². The summed E-state index contributed by atoms with van der Waals surface area (Å²) in [5.41, 5.74) is 2.48. The average Bonchev–Trinajstić information content (AvgIpc) is 3.01. The molecule has 0 spiro atoms. The summed E-state index contributed by atoms with van der Waals surface area (Å²) in [4.78, 5) is 27.9. The SMILES string of the molecule is CNC(=O)c1cccc(CCNC(=O)N[C@H](C)c2csc(C)n2)c1. The van der Waals surface area contributed by atoms with E-state index in [-0.39, 0.29) is 18.0 Å². The first-order valence-corrected chi connectivity index (χ1v) is 8.65. The third-order valence-corrected chi connectivity index (χ3v) is 4.34. The molecule has 128 valence electrons. The second-order valence-corrected chi connectivity index (χ2v) is 6.51. The van der Waals surface area contributed by atoms with Crippen molar-refractivity contribution in [1.82, 2.24) is 20.9 Å². The van der Waals surface area contributed by atoms with E-state index in [4.69, 9.17) is 0 Å². The van der Waals surface area contributed by atoms with E-state index in [1.165, 1.54) is 0 Å². The predicted molar refractivity (Wildman–Crippen MR) is 95.3 cm³/mol. The van der Waals surface area contributed by atoms with Gasteiger partial charge >= 0.3 is 6.03 Å². The lowest BCUT2D eigenvalue weighted by atomic mass is 10.1. The molecular formula is C17H22N4O2S. The average molecular weight is 346 g/mol. The number of urea groups is 1. The molecule has 0 saturated carbocycles. The van der Waals surface area contributed by atoms with E-state index in [2.05, 4.69) is 20.9 Å². The molecule has 1 heterocycles. The number of amides is 3. The van der Waals surface area contributed by atoms with E-state index in [1.54, 1.807) is 24.5 Å². The number of hydrogen-bond acceptors (Lipinski definition) is 4. The van der Waals surface area contributed by atoms with Gasteiger partial charge in [0.15, 0.2) is 0 Å². The Hall–Kier alpha value is -2.41. The minimum Gasteiger partial charge on any atom is -0.355 e. The second-order valence-electron chi connectivity index (χ2n) is 5.44. The standard InChI is InChI=1S/C17H22N4O2S/c1-11(15-10-24-12(2)21-15)20-17(23)19-8-7-13-5-4-6-14(9-13)16(22)18-3/h4-6,9-11H,7-8H2,1-3H3,(H,18,22)(H2,19,20,23)/t11-/m1/s1. The van der Waals surface area contributed by atoms with Gasteiger partial charge < -0.3 is 16.0 Å². The van der Waals surface area contributed by atoms with Crippen molar-refractivity contribution in [3.63, 3.8) is 0 Å². The lowest BCUT2D eigenvalue weighted by Gasteiger charge is -2.13. The number of carbonyl (C=O) groups excluding carboxylic acids is 2. The minimum atomic E-state index is -0.226. The van der Waals surface area contributed by atoms with Crippen LogP contribution in [0.5, 0.6) is 0 Å². The van der Waals surface area contributed by atoms with Crippen molar-refractivity contribution in [2.75, 3.05) is 13.6 Å². The van der Waals surface area contributed by atoms with Crippen LogP contribution in [0.3, 0.4) is 0 Å². The molecule has 1 atom stereocenters. The highest BCUT2D eigenvalue weighted by molar-refractivity contribution is 7.09. The van der Waals surface area contributed by atoms with E-state index in [1.807, 2.05) is 37.4 Å². The summed E-state index contributed by atoms with van der Waals surface area (Å²) in [7, 11) is 1.60. The molecule has 6 nitrogen and oxygen atoms in total. The number of hydrogen-bond donors (Lipinski definition) is 3. The van der Waals surface area contributed by atoms with E-state index < -0.39 is 0 Å². The summed E-state index contributed by atoms with van der Waals surface area (Å²) in [6.45, 7) is 4.33. The first-order valence-electron chi connectivity index (χ1n) is 7.77. The molecule has 2 aromatic rings. The van der Waals surface area contributed by atoms with Crippen LogP contribution in [-0.4, -0.2) is 30.5 Å².